The lowest BCUT2D eigenvalue weighted by Crippen LogP contribution is -2.14. The Balaban J connectivity index is 1.56. The van der Waals surface area contributed by atoms with Crippen molar-refractivity contribution in [3.8, 4) is 11.8 Å². The largest absolute Gasteiger partial charge is 0.424 e. The molecule has 0 aliphatic carbocycles. The summed E-state index contributed by atoms with van der Waals surface area (Å²) in [6.45, 7) is 0. The van der Waals surface area contributed by atoms with Crippen molar-refractivity contribution in [3.63, 3.8) is 0 Å². The first-order valence-corrected chi connectivity index (χ1v) is 7.91. The minimum Gasteiger partial charge on any atom is -0.424 e. The van der Waals surface area contributed by atoms with Crippen LogP contribution in [0.4, 0.5) is 18.9 Å². The summed E-state index contributed by atoms with van der Waals surface area (Å²) >= 11 is 0. The van der Waals surface area contributed by atoms with Gasteiger partial charge in [-0.05, 0) is 48.0 Å². The van der Waals surface area contributed by atoms with E-state index in [4.69, 9.17) is 4.74 Å². The summed E-state index contributed by atoms with van der Waals surface area (Å²) in [6.07, 6.45) is -1.32. The summed E-state index contributed by atoms with van der Waals surface area (Å²) in [5.74, 6) is 0.164. The predicted molar refractivity (Wildman–Crippen MR) is 92.3 cm³/mol. The zero-order chi connectivity index (χ0) is 19.3. The van der Waals surface area contributed by atoms with Gasteiger partial charge in [-0.1, -0.05) is 12.1 Å². The Morgan fingerprint density at radius 3 is 2.19 bits per heavy atom. The molecule has 0 saturated heterocycles. The summed E-state index contributed by atoms with van der Waals surface area (Å²) in [6, 6.07) is 12.9. The number of hydrogen-bond donors (Lipinski definition) is 1. The first-order chi connectivity index (χ1) is 12.9. The fraction of sp³-hybridized carbons (Fsp3) is 0.105. The molecule has 1 N–H and O–H groups in total. The van der Waals surface area contributed by atoms with Crippen molar-refractivity contribution >= 4 is 11.6 Å². The fourth-order valence-electron chi connectivity index (χ4n) is 2.25. The lowest BCUT2D eigenvalue weighted by atomic mass is 10.1. The standard InChI is InChI=1S/C19H14F3N3O2/c20-19(21,22)14-4-2-13(3-5-14)12-17(26)25-15-6-8-16(9-7-15)27-18-23-10-1-11-24-18/h1-11H,12H2,(H,25,26). The second-order valence-electron chi connectivity index (χ2n) is 5.58. The normalized spacial score (nSPS) is 11.1. The van der Waals surface area contributed by atoms with E-state index >= 15 is 0 Å². The van der Waals surface area contributed by atoms with Gasteiger partial charge in [0.25, 0.3) is 0 Å². The number of anilines is 1. The Morgan fingerprint density at radius 2 is 1.59 bits per heavy atom. The van der Waals surface area contributed by atoms with Crippen LogP contribution < -0.4 is 10.1 Å². The molecule has 8 heteroatoms. The van der Waals surface area contributed by atoms with Crippen LogP contribution in [0.15, 0.2) is 67.0 Å². The number of carbonyl (C=O) groups is 1. The number of halogens is 3. The minimum atomic E-state index is -4.39. The third kappa shape index (κ3) is 5.27. The van der Waals surface area contributed by atoms with Crippen LogP contribution in [-0.2, 0) is 17.4 Å². The van der Waals surface area contributed by atoms with E-state index in [-0.39, 0.29) is 18.3 Å². The Bertz CT molecular complexity index is 896. The highest BCUT2D eigenvalue weighted by Crippen LogP contribution is 2.29. The molecule has 0 saturated carbocycles. The van der Waals surface area contributed by atoms with Crippen LogP contribution in [0.25, 0.3) is 0 Å². The summed E-state index contributed by atoms with van der Waals surface area (Å²) in [4.78, 5) is 19.9. The van der Waals surface area contributed by atoms with Gasteiger partial charge in [-0.15, -0.1) is 0 Å². The number of nitrogens with zero attached hydrogens (tertiary/aromatic N) is 2. The summed E-state index contributed by atoms with van der Waals surface area (Å²) < 4.78 is 43.1. The zero-order valence-corrected chi connectivity index (χ0v) is 13.9. The first kappa shape index (κ1) is 18.4. The van der Waals surface area contributed by atoms with Crippen LogP contribution in [0.2, 0.25) is 0 Å². The fourth-order valence-corrected chi connectivity index (χ4v) is 2.25. The molecule has 0 aliphatic heterocycles. The Morgan fingerprint density at radius 1 is 0.963 bits per heavy atom. The Labute approximate surface area is 152 Å². The van der Waals surface area contributed by atoms with Gasteiger partial charge in [-0.3, -0.25) is 4.79 Å². The van der Waals surface area contributed by atoms with Gasteiger partial charge in [-0.2, -0.15) is 13.2 Å². The molecule has 3 aromatic rings. The summed E-state index contributed by atoms with van der Waals surface area (Å²) in [5, 5.41) is 2.68. The van der Waals surface area contributed by atoms with Gasteiger partial charge in [-0.25, -0.2) is 9.97 Å². The molecular formula is C19H14F3N3O2. The van der Waals surface area contributed by atoms with Crippen molar-refractivity contribution in [2.75, 3.05) is 5.32 Å². The number of benzene rings is 2. The maximum atomic E-state index is 12.5. The van der Waals surface area contributed by atoms with Crippen LogP contribution in [0.3, 0.4) is 0 Å². The number of rotatable bonds is 5. The lowest BCUT2D eigenvalue weighted by Gasteiger charge is -2.09. The molecule has 27 heavy (non-hydrogen) atoms. The van der Waals surface area contributed by atoms with E-state index in [9.17, 15) is 18.0 Å². The molecule has 0 spiro atoms. The minimum absolute atomic E-state index is 0.0335. The zero-order valence-electron chi connectivity index (χ0n) is 13.9. The van der Waals surface area contributed by atoms with E-state index in [1.807, 2.05) is 0 Å². The molecule has 3 rings (SSSR count). The second kappa shape index (κ2) is 7.86. The molecular weight excluding hydrogens is 359 g/mol. The average Bonchev–Trinajstić information content (AvgIpc) is 2.64. The number of nitrogens with one attached hydrogen (secondary N) is 1. The molecule has 5 nitrogen and oxygen atoms in total. The molecule has 0 bridgehead atoms. The van der Waals surface area contributed by atoms with Gasteiger partial charge in [0, 0.05) is 18.1 Å². The quantitative estimate of drug-likeness (QED) is 0.717. The van der Waals surface area contributed by atoms with Crippen molar-refractivity contribution in [1.82, 2.24) is 9.97 Å². The van der Waals surface area contributed by atoms with Gasteiger partial charge in [0.15, 0.2) is 0 Å². The third-order valence-electron chi connectivity index (χ3n) is 3.54. The highest BCUT2D eigenvalue weighted by atomic mass is 19.4. The van der Waals surface area contributed by atoms with E-state index < -0.39 is 11.7 Å². The van der Waals surface area contributed by atoms with E-state index in [1.165, 1.54) is 12.1 Å². The SMILES string of the molecule is O=C(Cc1ccc(C(F)(F)F)cc1)Nc1ccc(Oc2ncccn2)cc1. The van der Waals surface area contributed by atoms with Gasteiger partial charge < -0.3 is 10.1 Å². The van der Waals surface area contributed by atoms with E-state index in [1.54, 1.807) is 42.7 Å². The molecule has 0 radical (unpaired) electrons. The van der Waals surface area contributed by atoms with Gasteiger partial charge in [0.05, 0.1) is 12.0 Å². The third-order valence-corrected chi connectivity index (χ3v) is 3.54. The number of amides is 1. The molecule has 2 aromatic carbocycles. The number of alkyl halides is 3. The molecule has 138 valence electrons. The molecule has 0 atom stereocenters. The van der Waals surface area contributed by atoms with Crippen LogP contribution >= 0.6 is 0 Å². The van der Waals surface area contributed by atoms with Crippen molar-refractivity contribution < 1.29 is 22.7 Å². The Kier molecular flexibility index (Phi) is 5.35. The summed E-state index contributed by atoms with van der Waals surface area (Å²) in [5.41, 5.74) is 0.277. The molecule has 1 aromatic heterocycles. The van der Waals surface area contributed by atoms with Crippen LogP contribution in [0.5, 0.6) is 11.8 Å². The van der Waals surface area contributed by atoms with Crippen molar-refractivity contribution in [3.05, 3.63) is 78.1 Å². The lowest BCUT2D eigenvalue weighted by molar-refractivity contribution is -0.137. The van der Waals surface area contributed by atoms with Crippen molar-refractivity contribution in [2.24, 2.45) is 0 Å². The number of aromatic nitrogens is 2. The second-order valence-corrected chi connectivity index (χ2v) is 5.58. The number of hydrogen-bond acceptors (Lipinski definition) is 4. The molecule has 0 fully saturated rings. The molecule has 1 amide bonds. The maximum absolute atomic E-state index is 12.5. The average molecular weight is 373 g/mol. The van der Waals surface area contributed by atoms with Crippen LogP contribution in [-0.4, -0.2) is 15.9 Å². The van der Waals surface area contributed by atoms with Gasteiger partial charge >= 0.3 is 12.2 Å². The first-order valence-electron chi connectivity index (χ1n) is 7.91. The molecule has 0 unspecified atom stereocenters. The van der Waals surface area contributed by atoms with E-state index in [2.05, 4.69) is 15.3 Å². The summed E-state index contributed by atoms with van der Waals surface area (Å²) in [7, 11) is 0. The number of carbonyl (C=O) groups excluding carboxylic acids is 1. The predicted octanol–water partition coefficient (Wildman–Crippen LogP) is 4.47. The maximum Gasteiger partial charge on any atom is 0.416 e. The number of ether oxygens (including phenoxy) is 1. The molecule has 1 heterocycles. The van der Waals surface area contributed by atoms with Crippen LogP contribution in [0.1, 0.15) is 11.1 Å². The Hall–Kier alpha value is -3.42. The van der Waals surface area contributed by atoms with Crippen molar-refractivity contribution in [1.29, 1.82) is 0 Å². The monoisotopic (exact) mass is 373 g/mol. The van der Waals surface area contributed by atoms with E-state index in [0.29, 0.717) is 17.0 Å². The highest BCUT2D eigenvalue weighted by molar-refractivity contribution is 5.92. The highest BCUT2D eigenvalue weighted by Gasteiger charge is 2.29. The molecule has 0 aliphatic rings. The van der Waals surface area contributed by atoms with Gasteiger partial charge in [0.2, 0.25) is 5.91 Å². The van der Waals surface area contributed by atoms with Crippen molar-refractivity contribution in [2.45, 2.75) is 12.6 Å². The topological polar surface area (TPSA) is 64.1 Å². The van der Waals surface area contributed by atoms with Gasteiger partial charge in [0.1, 0.15) is 5.75 Å². The van der Waals surface area contributed by atoms with Crippen LogP contribution in [0, 0.1) is 0 Å². The van der Waals surface area contributed by atoms with E-state index in [0.717, 1.165) is 12.1 Å². The smallest absolute Gasteiger partial charge is 0.416 e.